The monoisotopic (exact) mass is 362 g/mol. The van der Waals surface area contributed by atoms with Gasteiger partial charge in [0, 0.05) is 18.1 Å². The largest absolute Gasteiger partial charge is 0.451 e. The van der Waals surface area contributed by atoms with E-state index in [2.05, 4.69) is 5.10 Å². The summed E-state index contributed by atoms with van der Waals surface area (Å²) in [5.41, 5.74) is 1.77. The summed E-state index contributed by atoms with van der Waals surface area (Å²) in [7, 11) is 0. The number of aryl methyl sites for hydroxylation is 1. The fourth-order valence-electron chi connectivity index (χ4n) is 2.69. The van der Waals surface area contributed by atoms with Gasteiger partial charge in [-0.2, -0.15) is 5.10 Å². The van der Waals surface area contributed by atoms with Gasteiger partial charge in [0.05, 0.1) is 11.4 Å². The van der Waals surface area contributed by atoms with E-state index in [1.165, 1.54) is 29.0 Å². The Morgan fingerprint density at radius 3 is 2.76 bits per heavy atom. The second-order valence-electron chi connectivity index (χ2n) is 5.80. The first-order valence-electron chi connectivity index (χ1n) is 7.88. The number of ketones is 1. The summed E-state index contributed by atoms with van der Waals surface area (Å²) in [4.78, 5) is 23.4. The number of rotatable bonds is 4. The molecule has 1 aromatic carbocycles. The van der Waals surface area contributed by atoms with Crippen molar-refractivity contribution in [1.82, 2.24) is 9.78 Å². The third-order valence-electron chi connectivity index (χ3n) is 4.01. The number of hydrogen-bond donors (Lipinski definition) is 0. The Morgan fingerprint density at radius 2 is 2.12 bits per heavy atom. The highest BCUT2D eigenvalue weighted by Crippen LogP contribution is 2.25. The average Bonchev–Trinajstić information content (AvgIpc) is 3.10. The number of nitrogens with zero attached hydrogens (tertiary/aromatic N) is 2. The van der Waals surface area contributed by atoms with Crippen molar-refractivity contribution in [3.8, 4) is 5.69 Å². The second-order valence-corrected chi connectivity index (χ2v) is 6.15. The van der Waals surface area contributed by atoms with Crippen LogP contribution in [0.25, 0.3) is 11.8 Å². The first-order valence-corrected chi connectivity index (χ1v) is 8.26. The molecular weight excluding hydrogens is 347 g/mol. The molecular formula is C18H16ClFN2O3. The summed E-state index contributed by atoms with van der Waals surface area (Å²) in [5, 5.41) is 4.60. The molecule has 0 bridgehead atoms. The molecule has 7 heteroatoms. The first-order chi connectivity index (χ1) is 12.0. The van der Waals surface area contributed by atoms with Crippen molar-refractivity contribution >= 4 is 29.4 Å². The van der Waals surface area contributed by atoms with Gasteiger partial charge in [0.2, 0.25) is 0 Å². The van der Waals surface area contributed by atoms with Gasteiger partial charge in [-0.3, -0.25) is 4.79 Å². The van der Waals surface area contributed by atoms with Crippen molar-refractivity contribution in [1.29, 1.82) is 0 Å². The Hall–Kier alpha value is -2.47. The molecule has 5 nitrogen and oxygen atoms in total. The number of carbonyl (C=O) groups is 2. The number of ether oxygens (including phenoxy) is 1. The molecule has 0 saturated heterocycles. The molecule has 1 saturated carbocycles. The molecule has 2 aromatic rings. The van der Waals surface area contributed by atoms with Crippen LogP contribution in [0.3, 0.4) is 0 Å². The minimum atomic E-state index is -0.643. The van der Waals surface area contributed by atoms with Crippen LogP contribution in [0.1, 0.15) is 30.5 Å². The third-order valence-corrected chi connectivity index (χ3v) is 4.38. The van der Waals surface area contributed by atoms with E-state index in [1.807, 2.05) is 0 Å². The smallest absolute Gasteiger partial charge is 0.331 e. The summed E-state index contributed by atoms with van der Waals surface area (Å²) in [6.45, 7) is 1.75. The summed E-state index contributed by atoms with van der Waals surface area (Å²) in [6.07, 6.45) is 3.87. The predicted molar refractivity (Wildman–Crippen MR) is 91.0 cm³/mol. The van der Waals surface area contributed by atoms with Crippen LogP contribution in [0.2, 0.25) is 5.15 Å². The molecule has 0 N–H and O–H groups in total. The number of benzene rings is 1. The molecule has 1 aromatic heterocycles. The Balaban J connectivity index is 1.77. The number of carbonyl (C=O) groups excluding carboxylic acids is 2. The highest BCUT2D eigenvalue weighted by Gasteiger charge is 2.27. The maximum atomic E-state index is 13.0. The van der Waals surface area contributed by atoms with E-state index < -0.39 is 12.1 Å². The van der Waals surface area contributed by atoms with Gasteiger partial charge in [-0.05, 0) is 50.1 Å². The van der Waals surface area contributed by atoms with Crippen molar-refractivity contribution < 1.29 is 18.7 Å². The lowest BCUT2D eigenvalue weighted by Crippen LogP contribution is -2.20. The predicted octanol–water partition coefficient (Wildman–Crippen LogP) is 3.65. The summed E-state index contributed by atoms with van der Waals surface area (Å²) < 4.78 is 19.6. The van der Waals surface area contributed by atoms with Crippen LogP contribution in [0.15, 0.2) is 30.3 Å². The van der Waals surface area contributed by atoms with Crippen LogP contribution in [0.5, 0.6) is 0 Å². The maximum Gasteiger partial charge on any atom is 0.331 e. The molecule has 0 aliphatic heterocycles. The lowest BCUT2D eigenvalue weighted by Gasteiger charge is -2.07. The molecule has 1 atom stereocenters. The second kappa shape index (κ2) is 7.19. The van der Waals surface area contributed by atoms with Gasteiger partial charge in [0.1, 0.15) is 11.0 Å². The SMILES string of the molecule is Cc1nn(-c2ccc(F)cc2)c(Cl)c1/C=C/C(=O)O[C@H]1CCCC1=O. The number of halogens is 2. The highest BCUT2D eigenvalue weighted by atomic mass is 35.5. The van der Waals surface area contributed by atoms with Gasteiger partial charge in [-0.25, -0.2) is 13.9 Å². The molecule has 0 spiro atoms. The van der Waals surface area contributed by atoms with Crippen LogP contribution in [0.4, 0.5) is 4.39 Å². The van der Waals surface area contributed by atoms with Crippen molar-refractivity contribution in [3.05, 3.63) is 52.6 Å². The molecule has 0 radical (unpaired) electrons. The zero-order valence-corrected chi connectivity index (χ0v) is 14.3. The zero-order valence-electron chi connectivity index (χ0n) is 13.5. The van der Waals surface area contributed by atoms with Gasteiger partial charge in [0.15, 0.2) is 11.9 Å². The van der Waals surface area contributed by atoms with Gasteiger partial charge >= 0.3 is 5.97 Å². The normalized spacial score (nSPS) is 17.4. The molecule has 130 valence electrons. The minimum absolute atomic E-state index is 0.0416. The molecule has 1 fully saturated rings. The molecule has 1 aliphatic carbocycles. The van der Waals surface area contributed by atoms with Crippen molar-refractivity contribution in [3.63, 3.8) is 0 Å². The molecule has 0 amide bonds. The number of Topliss-reactive ketones (excluding diaryl/α,β-unsaturated/α-hetero) is 1. The number of aromatic nitrogens is 2. The standard InChI is InChI=1S/C18H16ClFN2O3/c1-11-14(9-10-17(24)25-16-4-2-3-15(16)23)18(19)22(21-11)13-7-5-12(20)6-8-13/h5-10,16H,2-4H2,1H3/b10-9+/t16-/m0/s1. The Kier molecular flexibility index (Phi) is 4.99. The topological polar surface area (TPSA) is 61.2 Å². The van der Waals surface area contributed by atoms with E-state index in [0.717, 1.165) is 6.42 Å². The van der Waals surface area contributed by atoms with Crippen molar-refractivity contribution in [2.24, 2.45) is 0 Å². The lowest BCUT2D eigenvalue weighted by molar-refractivity contribution is -0.148. The molecule has 1 aliphatic rings. The summed E-state index contributed by atoms with van der Waals surface area (Å²) >= 11 is 6.33. The minimum Gasteiger partial charge on any atom is -0.451 e. The van der Waals surface area contributed by atoms with Gasteiger partial charge in [-0.15, -0.1) is 0 Å². The third kappa shape index (κ3) is 3.79. The van der Waals surface area contributed by atoms with E-state index in [9.17, 15) is 14.0 Å². The lowest BCUT2D eigenvalue weighted by atomic mass is 10.2. The number of hydrogen-bond acceptors (Lipinski definition) is 4. The Morgan fingerprint density at radius 1 is 1.40 bits per heavy atom. The quantitative estimate of drug-likeness (QED) is 0.615. The summed E-state index contributed by atoms with van der Waals surface area (Å²) in [6, 6.07) is 5.74. The maximum absolute atomic E-state index is 13.0. The number of esters is 1. The van der Waals surface area contributed by atoms with Crippen LogP contribution in [-0.2, 0) is 14.3 Å². The van der Waals surface area contributed by atoms with E-state index in [0.29, 0.717) is 34.9 Å². The van der Waals surface area contributed by atoms with Crippen molar-refractivity contribution in [2.75, 3.05) is 0 Å². The highest BCUT2D eigenvalue weighted by molar-refractivity contribution is 6.31. The van der Waals surface area contributed by atoms with E-state index in [4.69, 9.17) is 16.3 Å². The first kappa shape index (κ1) is 17.4. The van der Waals surface area contributed by atoms with Crippen molar-refractivity contribution in [2.45, 2.75) is 32.3 Å². The zero-order chi connectivity index (χ0) is 18.0. The van der Waals surface area contributed by atoms with Gasteiger partial charge < -0.3 is 4.74 Å². The van der Waals surface area contributed by atoms with E-state index in [1.54, 1.807) is 19.1 Å². The van der Waals surface area contributed by atoms with Crippen LogP contribution >= 0.6 is 11.6 Å². The fraction of sp³-hybridized carbons (Fsp3) is 0.278. The molecule has 25 heavy (non-hydrogen) atoms. The summed E-state index contributed by atoms with van der Waals surface area (Å²) in [5.74, 6) is -0.988. The average molecular weight is 363 g/mol. The van der Waals surface area contributed by atoms with Gasteiger partial charge in [0.25, 0.3) is 0 Å². The van der Waals surface area contributed by atoms with Crippen LogP contribution in [-0.4, -0.2) is 27.6 Å². The molecule has 1 heterocycles. The molecule has 0 unspecified atom stereocenters. The van der Waals surface area contributed by atoms with Gasteiger partial charge in [-0.1, -0.05) is 11.6 Å². The van der Waals surface area contributed by atoms with E-state index in [-0.39, 0.29) is 11.6 Å². The van der Waals surface area contributed by atoms with Crippen LogP contribution < -0.4 is 0 Å². The molecule has 3 rings (SSSR count). The fourth-order valence-corrected chi connectivity index (χ4v) is 3.03. The Bertz CT molecular complexity index is 843. The Labute approximate surface area is 149 Å². The van der Waals surface area contributed by atoms with E-state index >= 15 is 0 Å². The van der Waals surface area contributed by atoms with Crippen LogP contribution in [0, 0.1) is 12.7 Å².